The number of allylic oxidation sites excluding steroid dienone is 1. The summed E-state index contributed by atoms with van der Waals surface area (Å²) in [4.78, 5) is 10.5. The van der Waals surface area contributed by atoms with Gasteiger partial charge in [0.2, 0.25) is 0 Å². The summed E-state index contributed by atoms with van der Waals surface area (Å²) in [6, 6.07) is 0. The lowest BCUT2D eigenvalue weighted by Crippen LogP contribution is -2.23. The second-order valence-corrected chi connectivity index (χ2v) is 3.90. The van der Waals surface area contributed by atoms with E-state index in [1.54, 1.807) is 7.11 Å². The fraction of sp³-hybridized carbons (Fsp3) is 0.769. The van der Waals surface area contributed by atoms with E-state index in [1.807, 2.05) is 33.8 Å². The van der Waals surface area contributed by atoms with E-state index in [4.69, 9.17) is 4.74 Å². The van der Waals surface area contributed by atoms with Crippen LogP contribution in [-0.4, -0.2) is 20.0 Å². The lowest BCUT2D eigenvalue weighted by molar-refractivity contribution is -0.111. The van der Waals surface area contributed by atoms with Gasteiger partial charge in [0, 0.05) is 18.4 Å². The van der Waals surface area contributed by atoms with Crippen LogP contribution in [-0.2, 0) is 9.53 Å². The standard InChI is InChI=1S/C11H20O2.C2H6/c1-5-6-11(3,9-13-4)7-10(2)8-12;1-2/h5-6,8,10H,7,9H2,1-4H3;1-2H3/b6-5-;. The Morgan fingerprint density at radius 3 is 2.27 bits per heavy atom. The van der Waals surface area contributed by atoms with E-state index >= 15 is 0 Å². The van der Waals surface area contributed by atoms with Gasteiger partial charge in [-0.3, -0.25) is 0 Å². The summed E-state index contributed by atoms with van der Waals surface area (Å²) in [5, 5.41) is 0. The van der Waals surface area contributed by atoms with Crippen molar-refractivity contribution in [1.29, 1.82) is 0 Å². The minimum absolute atomic E-state index is 0.0101. The Bertz CT molecular complexity index is 175. The molecule has 0 bridgehead atoms. The third kappa shape index (κ3) is 8.37. The van der Waals surface area contributed by atoms with Crippen molar-refractivity contribution in [2.75, 3.05) is 13.7 Å². The number of carbonyl (C=O) groups is 1. The Kier molecular flexibility index (Phi) is 11.1. The molecule has 0 saturated heterocycles. The number of carbonyl (C=O) groups excluding carboxylic acids is 1. The molecule has 2 unspecified atom stereocenters. The Balaban J connectivity index is 0. The van der Waals surface area contributed by atoms with Gasteiger partial charge in [0.25, 0.3) is 0 Å². The molecule has 0 aliphatic rings. The zero-order chi connectivity index (χ0) is 12.3. The molecule has 0 amide bonds. The van der Waals surface area contributed by atoms with Gasteiger partial charge in [0.05, 0.1) is 6.61 Å². The zero-order valence-electron chi connectivity index (χ0n) is 11.0. The van der Waals surface area contributed by atoms with Crippen molar-refractivity contribution in [3.63, 3.8) is 0 Å². The molecular formula is C13H26O2. The van der Waals surface area contributed by atoms with Crippen molar-refractivity contribution in [3.05, 3.63) is 12.2 Å². The van der Waals surface area contributed by atoms with E-state index in [2.05, 4.69) is 13.0 Å². The van der Waals surface area contributed by atoms with Crippen molar-refractivity contribution in [2.24, 2.45) is 11.3 Å². The first-order valence-electron chi connectivity index (χ1n) is 5.66. The number of rotatable bonds is 6. The van der Waals surface area contributed by atoms with Gasteiger partial charge in [-0.15, -0.1) is 0 Å². The fourth-order valence-corrected chi connectivity index (χ4v) is 1.69. The van der Waals surface area contributed by atoms with Crippen molar-refractivity contribution < 1.29 is 9.53 Å². The SMILES string of the molecule is C/C=C\C(C)(COC)CC(C)C=O.CC. The number of hydrogen-bond acceptors (Lipinski definition) is 2. The predicted molar refractivity (Wildman–Crippen MR) is 66.0 cm³/mol. The minimum atomic E-state index is -0.0101. The van der Waals surface area contributed by atoms with Crippen LogP contribution in [0.4, 0.5) is 0 Å². The van der Waals surface area contributed by atoms with Crippen LogP contribution >= 0.6 is 0 Å². The third-order valence-corrected chi connectivity index (χ3v) is 2.06. The summed E-state index contributed by atoms with van der Waals surface area (Å²) in [7, 11) is 1.69. The lowest BCUT2D eigenvalue weighted by atomic mass is 9.82. The summed E-state index contributed by atoms with van der Waals surface area (Å²) in [5.74, 6) is 0.0938. The van der Waals surface area contributed by atoms with Gasteiger partial charge in [0.15, 0.2) is 0 Å². The van der Waals surface area contributed by atoms with E-state index in [9.17, 15) is 4.79 Å². The largest absolute Gasteiger partial charge is 0.384 e. The molecule has 0 aromatic carbocycles. The van der Waals surface area contributed by atoms with E-state index in [-0.39, 0.29) is 11.3 Å². The first kappa shape index (κ1) is 16.8. The molecule has 2 heteroatoms. The molecule has 0 aliphatic carbocycles. The Hall–Kier alpha value is -0.630. The highest BCUT2D eigenvalue weighted by atomic mass is 16.5. The van der Waals surface area contributed by atoms with Crippen LogP contribution in [0.3, 0.4) is 0 Å². The third-order valence-electron chi connectivity index (χ3n) is 2.06. The van der Waals surface area contributed by atoms with E-state index < -0.39 is 0 Å². The highest BCUT2D eigenvalue weighted by Crippen LogP contribution is 2.27. The minimum Gasteiger partial charge on any atom is -0.384 e. The van der Waals surface area contributed by atoms with Gasteiger partial charge < -0.3 is 9.53 Å². The van der Waals surface area contributed by atoms with Crippen LogP contribution in [0.2, 0.25) is 0 Å². The second-order valence-electron chi connectivity index (χ2n) is 3.90. The Morgan fingerprint density at radius 1 is 1.40 bits per heavy atom. The molecular weight excluding hydrogens is 188 g/mol. The van der Waals surface area contributed by atoms with Crippen molar-refractivity contribution >= 4 is 6.29 Å². The molecule has 2 atom stereocenters. The highest BCUT2D eigenvalue weighted by Gasteiger charge is 2.23. The molecule has 0 saturated carbocycles. The summed E-state index contributed by atoms with van der Waals surface area (Å²) in [5.41, 5.74) is -0.0101. The van der Waals surface area contributed by atoms with Crippen LogP contribution in [0, 0.1) is 11.3 Å². The Morgan fingerprint density at radius 2 is 1.93 bits per heavy atom. The van der Waals surface area contributed by atoms with Crippen LogP contribution in [0.15, 0.2) is 12.2 Å². The fourth-order valence-electron chi connectivity index (χ4n) is 1.69. The number of aldehydes is 1. The first-order chi connectivity index (χ1) is 7.08. The van der Waals surface area contributed by atoms with Gasteiger partial charge in [-0.25, -0.2) is 0 Å². The Labute approximate surface area is 94.7 Å². The zero-order valence-corrected chi connectivity index (χ0v) is 11.0. The lowest BCUT2D eigenvalue weighted by Gasteiger charge is -2.26. The smallest absolute Gasteiger partial charge is 0.122 e. The maximum atomic E-state index is 10.5. The van der Waals surface area contributed by atoms with Crippen molar-refractivity contribution in [3.8, 4) is 0 Å². The van der Waals surface area contributed by atoms with Crippen LogP contribution < -0.4 is 0 Å². The number of ether oxygens (including phenoxy) is 1. The molecule has 0 spiro atoms. The molecule has 0 radical (unpaired) electrons. The van der Waals surface area contributed by atoms with Crippen molar-refractivity contribution in [1.82, 2.24) is 0 Å². The highest BCUT2D eigenvalue weighted by molar-refractivity contribution is 5.52. The molecule has 0 fully saturated rings. The molecule has 0 N–H and O–H groups in total. The topological polar surface area (TPSA) is 26.3 Å². The van der Waals surface area contributed by atoms with Gasteiger partial charge in [-0.2, -0.15) is 0 Å². The summed E-state index contributed by atoms with van der Waals surface area (Å²) < 4.78 is 5.14. The van der Waals surface area contributed by atoms with E-state index in [0.717, 1.165) is 12.7 Å². The van der Waals surface area contributed by atoms with Gasteiger partial charge in [-0.05, 0) is 13.3 Å². The average molecular weight is 214 g/mol. The van der Waals surface area contributed by atoms with E-state index in [0.29, 0.717) is 6.61 Å². The van der Waals surface area contributed by atoms with E-state index in [1.165, 1.54) is 0 Å². The molecule has 90 valence electrons. The molecule has 2 nitrogen and oxygen atoms in total. The monoisotopic (exact) mass is 214 g/mol. The maximum Gasteiger partial charge on any atom is 0.122 e. The predicted octanol–water partition coefficient (Wildman–Crippen LogP) is 3.47. The molecule has 0 aromatic rings. The average Bonchev–Trinajstić information content (AvgIpc) is 2.21. The summed E-state index contributed by atoms with van der Waals surface area (Å²) >= 11 is 0. The molecule has 0 aliphatic heterocycles. The van der Waals surface area contributed by atoms with Crippen molar-refractivity contribution in [2.45, 2.75) is 41.0 Å². The molecule has 0 aromatic heterocycles. The summed E-state index contributed by atoms with van der Waals surface area (Å²) in [6.07, 6.45) is 5.96. The maximum absolute atomic E-state index is 10.5. The normalized spacial score (nSPS) is 16.4. The number of methoxy groups -OCH3 is 1. The van der Waals surface area contributed by atoms with Gasteiger partial charge >= 0.3 is 0 Å². The molecule has 0 heterocycles. The number of hydrogen-bond donors (Lipinski definition) is 0. The van der Waals surface area contributed by atoms with Crippen LogP contribution in [0.5, 0.6) is 0 Å². The second kappa shape index (κ2) is 9.91. The van der Waals surface area contributed by atoms with Crippen LogP contribution in [0.1, 0.15) is 41.0 Å². The quantitative estimate of drug-likeness (QED) is 0.500. The van der Waals surface area contributed by atoms with Gasteiger partial charge in [-0.1, -0.05) is 39.8 Å². The molecule has 0 rings (SSSR count). The van der Waals surface area contributed by atoms with Gasteiger partial charge in [0.1, 0.15) is 6.29 Å². The first-order valence-corrected chi connectivity index (χ1v) is 5.66. The van der Waals surface area contributed by atoms with Crippen LogP contribution in [0.25, 0.3) is 0 Å². The summed E-state index contributed by atoms with van der Waals surface area (Å²) in [6.45, 7) is 10.7. The molecule has 15 heavy (non-hydrogen) atoms.